The molecule has 2 N–H and O–H groups in total. The average Bonchev–Trinajstić information content (AvgIpc) is 2.17. The number of rotatable bonds is 2. The Morgan fingerprint density at radius 2 is 2.20 bits per heavy atom. The van der Waals surface area contributed by atoms with Gasteiger partial charge in [-0.15, -0.1) is 0 Å². The number of carbonyl (C=O) groups is 1. The maximum Gasteiger partial charge on any atom is 0.252 e. The zero-order chi connectivity index (χ0) is 11.5. The first kappa shape index (κ1) is 11.1. The molecule has 1 aromatic carbocycles. The van der Waals surface area contributed by atoms with Gasteiger partial charge in [-0.1, -0.05) is 6.07 Å². The topological polar surface area (TPSA) is 73.1 Å². The molecule has 0 aliphatic rings. The number of nitriles is 1. The zero-order valence-electron chi connectivity index (χ0n) is 8.61. The number of hydrogen-bond donors (Lipinski definition) is 2. The summed E-state index contributed by atoms with van der Waals surface area (Å²) in [7, 11) is 0. The van der Waals surface area contributed by atoms with Gasteiger partial charge in [-0.25, -0.2) is 0 Å². The molecule has 0 saturated heterocycles. The summed E-state index contributed by atoms with van der Waals surface area (Å²) >= 11 is 0. The first-order valence-corrected chi connectivity index (χ1v) is 4.47. The van der Waals surface area contributed by atoms with Crippen LogP contribution in [0.25, 0.3) is 0 Å². The molecule has 4 nitrogen and oxygen atoms in total. The van der Waals surface area contributed by atoms with Crippen molar-refractivity contribution in [2.45, 2.75) is 19.4 Å². The van der Waals surface area contributed by atoms with E-state index in [1.54, 1.807) is 26.0 Å². The van der Waals surface area contributed by atoms with Gasteiger partial charge in [0.25, 0.3) is 5.91 Å². The summed E-state index contributed by atoms with van der Waals surface area (Å²) in [5.74, 6) is -0.352. The van der Waals surface area contributed by atoms with E-state index in [9.17, 15) is 9.90 Å². The second kappa shape index (κ2) is 4.01. The minimum Gasteiger partial charge on any atom is -0.508 e. The van der Waals surface area contributed by atoms with Crippen molar-refractivity contribution in [1.82, 2.24) is 5.32 Å². The minimum absolute atomic E-state index is 0.0254. The van der Waals surface area contributed by atoms with Crippen molar-refractivity contribution in [3.8, 4) is 11.8 Å². The molecule has 0 bridgehead atoms. The molecule has 0 aromatic heterocycles. The second-order valence-electron chi connectivity index (χ2n) is 3.74. The van der Waals surface area contributed by atoms with Crippen LogP contribution in [0, 0.1) is 11.3 Å². The smallest absolute Gasteiger partial charge is 0.252 e. The highest BCUT2D eigenvalue weighted by Crippen LogP contribution is 2.11. The van der Waals surface area contributed by atoms with Crippen LogP contribution in [0.3, 0.4) is 0 Å². The van der Waals surface area contributed by atoms with Gasteiger partial charge >= 0.3 is 0 Å². The molecule has 1 aromatic rings. The van der Waals surface area contributed by atoms with E-state index in [2.05, 4.69) is 5.32 Å². The molecule has 0 heterocycles. The van der Waals surface area contributed by atoms with Crippen LogP contribution in [0.1, 0.15) is 24.2 Å². The Kier molecular flexibility index (Phi) is 2.96. The molecule has 0 unspecified atom stereocenters. The summed E-state index contributed by atoms with van der Waals surface area (Å²) < 4.78 is 0. The molecule has 0 radical (unpaired) electrons. The number of phenolic OH excluding ortho intramolecular Hbond substituents is 1. The van der Waals surface area contributed by atoms with Crippen LogP contribution in [0.5, 0.6) is 5.75 Å². The zero-order valence-corrected chi connectivity index (χ0v) is 8.61. The molecule has 0 aliphatic heterocycles. The largest absolute Gasteiger partial charge is 0.508 e. The molecular formula is C11H12N2O2. The van der Waals surface area contributed by atoms with E-state index >= 15 is 0 Å². The van der Waals surface area contributed by atoms with Crippen molar-refractivity contribution in [3.63, 3.8) is 0 Å². The Balaban J connectivity index is 2.84. The fraction of sp³-hybridized carbons (Fsp3) is 0.273. The van der Waals surface area contributed by atoms with Gasteiger partial charge in [0.05, 0.1) is 6.07 Å². The maximum atomic E-state index is 11.6. The van der Waals surface area contributed by atoms with Crippen LogP contribution in [0.15, 0.2) is 24.3 Å². The third-order valence-electron chi connectivity index (χ3n) is 1.81. The van der Waals surface area contributed by atoms with Gasteiger partial charge in [-0.3, -0.25) is 4.79 Å². The van der Waals surface area contributed by atoms with Gasteiger partial charge in [0.1, 0.15) is 11.3 Å². The van der Waals surface area contributed by atoms with E-state index < -0.39 is 5.54 Å². The number of hydrogen-bond acceptors (Lipinski definition) is 3. The maximum absolute atomic E-state index is 11.6. The van der Waals surface area contributed by atoms with E-state index in [1.807, 2.05) is 6.07 Å². The Bertz CT molecular complexity index is 419. The molecule has 0 aliphatic carbocycles. The van der Waals surface area contributed by atoms with E-state index in [0.717, 1.165) is 0 Å². The molecule has 1 amide bonds. The summed E-state index contributed by atoms with van der Waals surface area (Å²) in [4.78, 5) is 11.6. The summed E-state index contributed by atoms with van der Waals surface area (Å²) in [5, 5.41) is 20.4. The van der Waals surface area contributed by atoms with E-state index in [0.29, 0.717) is 5.56 Å². The van der Waals surface area contributed by atoms with Crippen molar-refractivity contribution >= 4 is 5.91 Å². The molecule has 15 heavy (non-hydrogen) atoms. The van der Waals surface area contributed by atoms with E-state index in [-0.39, 0.29) is 11.7 Å². The second-order valence-corrected chi connectivity index (χ2v) is 3.74. The van der Waals surface area contributed by atoms with Crippen molar-refractivity contribution in [2.24, 2.45) is 0 Å². The Morgan fingerprint density at radius 1 is 1.53 bits per heavy atom. The number of carbonyl (C=O) groups excluding carboxylic acids is 1. The lowest BCUT2D eigenvalue weighted by Crippen LogP contribution is -2.42. The molecular weight excluding hydrogens is 192 g/mol. The number of aromatic hydroxyl groups is 1. The Morgan fingerprint density at radius 3 is 2.73 bits per heavy atom. The number of benzene rings is 1. The highest BCUT2D eigenvalue weighted by Gasteiger charge is 2.20. The third-order valence-corrected chi connectivity index (χ3v) is 1.81. The first-order chi connectivity index (χ1) is 6.94. The highest BCUT2D eigenvalue weighted by atomic mass is 16.3. The Labute approximate surface area is 88.2 Å². The third kappa shape index (κ3) is 2.99. The standard InChI is InChI=1S/C11H12N2O2/c1-11(2,7-12)13-10(15)8-4-3-5-9(14)6-8/h3-6,14H,1-2H3,(H,13,15). The predicted octanol–water partition coefficient (Wildman–Crippen LogP) is 1.42. The fourth-order valence-electron chi connectivity index (χ4n) is 1.03. The molecule has 78 valence electrons. The molecule has 1 rings (SSSR count). The van der Waals surface area contributed by atoms with Gasteiger partial charge in [0.15, 0.2) is 0 Å². The number of nitrogens with zero attached hydrogens (tertiary/aromatic N) is 1. The number of nitrogens with one attached hydrogen (secondary N) is 1. The number of amides is 1. The Hall–Kier alpha value is -2.02. The van der Waals surface area contributed by atoms with E-state index in [1.165, 1.54) is 12.1 Å². The summed E-state index contributed by atoms with van der Waals surface area (Å²) in [6.07, 6.45) is 0. The lowest BCUT2D eigenvalue weighted by molar-refractivity contribution is 0.0929. The van der Waals surface area contributed by atoms with Gasteiger partial charge < -0.3 is 10.4 Å². The van der Waals surface area contributed by atoms with Crippen LogP contribution in [0.4, 0.5) is 0 Å². The van der Waals surface area contributed by atoms with Gasteiger partial charge in [-0.05, 0) is 32.0 Å². The summed E-state index contributed by atoms with van der Waals surface area (Å²) in [5.41, 5.74) is -0.582. The normalized spacial score (nSPS) is 10.5. The van der Waals surface area contributed by atoms with Crippen LogP contribution in [-0.2, 0) is 0 Å². The van der Waals surface area contributed by atoms with Gasteiger partial charge in [0.2, 0.25) is 0 Å². The first-order valence-electron chi connectivity index (χ1n) is 4.47. The van der Waals surface area contributed by atoms with Crippen molar-refractivity contribution in [2.75, 3.05) is 0 Å². The van der Waals surface area contributed by atoms with Crippen LogP contribution in [-0.4, -0.2) is 16.6 Å². The predicted molar refractivity (Wildman–Crippen MR) is 55.3 cm³/mol. The summed E-state index contributed by atoms with van der Waals surface area (Å²) in [6, 6.07) is 7.94. The van der Waals surface area contributed by atoms with Crippen molar-refractivity contribution in [3.05, 3.63) is 29.8 Å². The van der Waals surface area contributed by atoms with Crippen molar-refractivity contribution < 1.29 is 9.90 Å². The van der Waals surface area contributed by atoms with E-state index in [4.69, 9.17) is 5.26 Å². The molecule has 0 spiro atoms. The lowest BCUT2D eigenvalue weighted by Gasteiger charge is -2.17. The van der Waals surface area contributed by atoms with Crippen LogP contribution < -0.4 is 5.32 Å². The quantitative estimate of drug-likeness (QED) is 0.765. The summed E-state index contributed by atoms with van der Waals surface area (Å²) in [6.45, 7) is 3.21. The minimum atomic E-state index is -0.914. The highest BCUT2D eigenvalue weighted by molar-refractivity contribution is 5.95. The SMILES string of the molecule is CC(C)(C#N)NC(=O)c1cccc(O)c1. The molecule has 0 atom stereocenters. The average molecular weight is 204 g/mol. The van der Waals surface area contributed by atoms with Gasteiger partial charge in [0, 0.05) is 5.56 Å². The molecule has 4 heteroatoms. The number of phenols is 1. The van der Waals surface area contributed by atoms with Crippen LogP contribution in [0.2, 0.25) is 0 Å². The monoisotopic (exact) mass is 204 g/mol. The molecule has 0 fully saturated rings. The lowest BCUT2D eigenvalue weighted by atomic mass is 10.1. The van der Waals surface area contributed by atoms with Crippen molar-refractivity contribution in [1.29, 1.82) is 5.26 Å². The fourth-order valence-corrected chi connectivity index (χ4v) is 1.03. The molecule has 0 saturated carbocycles. The van der Waals surface area contributed by atoms with Crippen LogP contribution >= 0.6 is 0 Å². The van der Waals surface area contributed by atoms with Gasteiger partial charge in [-0.2, -0.15) is 5.26 Å².